The van der Waals surface area contributed by atoms with Crippen LogP contribution in [0.15, 0.2) is 35.3 Å². The van der Waals surface area contributed by atoms with Crippen molar-refractivity contribution in [3.05, 3.63) is 35.9 Å². The number of nitrogens with zero attached hydrogens (tertiary/aromatic N) is 3. The summed E-state index contributed by atoms with van der Waals surface area (Å²) in [7, 11) is 1.63. The van der Waals surface area contributed by atoms with Crippen molar-refractivity contribution in [2.45, 2.75) is 25.9 Å². The van der Waals surface area contributed by atoms with Crippen molar-refractivity contribution in [2.75, 3.05) is 32.2 Å². The lowest BCUT2D eigenvalue weighted by atomic mass is 10.1. The second kappa shape index (κ2) is 7.90. The third-order valence-corrected chi connectivity index (χ3v) is 5.25. The van der Waals surface area contributed by atoms with Crippen molar-refractivity contribution >= 4 is 22.9 Å². The molecule has 9 heteroatoms. The third-order valence-electron chi connectivity index (χ3n) is 5.25. The number of guanidine groups is 1. The van der Waals surface area contributed by atoms with Gasteiger partial charge in [-0.05, 0) is 18.6 Å². The van der Waals surface area contributed by atoms with Gasteiger partial charge in [-0.3, -0.25) is 9.88 Å². The first-order chi connectivity index (χ1) is 15.2. The van der Waals surface area contributed by atoms with Gasteiger partial charge in [0, 0.05) is 24.1 Å². The highest BCUT2D eigenvalue weighted by atomic mass is 16.5. The number of hydrogen-bond donors (Lipinski definition) is 2. The molecule has 0 bridgehead atoms. The molecule has 0 saturated carbocycles. The van der Waals surface area contributed by atoms with Gasteiger partial charge < -0.3 is 24.7 Å². The molecule has 0 saturated heterocycles. The fraction of sp³-hybridized carbons (Fsp3) is 0.364. The van der Waals surface area contributed by atoms with Crippen molar-refractivity contribution in [2.24, 2.45) is 10.7 Å². The van der Waals surface area contributed by atoms with Crippen LogP contribution >= 0.6 is 0 Å². The molecule has 3 aromatic rings. The normalized spacial score (nSPS) is 17.4. The molecule has 0 spiro atoms. The van der Waals surface area contributed by atoms with E-state index in [1.807, 2.05) is 34.9 Å². The van der Waals surface area contributed by atoms with Crippen LogP contribution < -0.4 is 30.0 Å². The van der Waals surface area contributed by atoms with Crippen LogP contribution in [-0.2, 0) is 0 Å². The van der Waals surface area contributed by atoms with Crippen molar-refractivity contribution in [1.29, 1.82) is 0 Å². The Balaban J connectivity index is 1.61. The topological polar surface area (TPSA) is 105 Å². The van der Waals surface area contributed by atoms with Gasteiger partial charge in [-0.1, -0.05) is 13.0 Å². The molecule has 1 atom stereocenters. The Bertz CT molecular complexity index is 1160. The number of hydrogen-bond acceptors (Lipinski definition) is 8. The molecular formula is C22H25N5O4. The van der Waals surface area contributed by atoms with Crippen LogP contribution in [0.1, 0.15) is 31.5 Å². The van der Waals surface area contributed by atoms with Crippen LogP contribution in [0.3, 0.4) is 0 Å². The summed E-state index contributed by atoms with van der Waals surface area (Å²) < 4.78 is 25.1. The van der Waals surface area contributed by atoms with Crippen molar-refractivity contribution in [3.63, 3.8) is 0 Å². The van der Waals surface area contributed by atoms with Gasteiger partial charge in [-0.15, -0.1) is 0 Å². The van der Waals surface area contributed by atoms with Crippen LogP contribution in [-0.4, -0.2) is 42.4 Å². The predicted octanol–water partition coefficient (Wildman–Crippen LogP) is 3.28. The first kappa shape index (κ1) is 19.3. The zero-order chi connectivity index (χ0) is 21.4. The summed E-state index contributed by atoms with van der Waals surface area (Å²) in [5.74, 6) is 3.66. The fourth-order valence-electron chi connectivity index (χ4n) is 3.82. The lowest BCUT2D eigenvalue weighted by molar-refractivity contribution is 0.294. The molecule has 2 aliphatic rings. The first-order valence-corrected chi connectivity index (χ1v) is 10.4. The van der Waals surface area contributed by atoms with E-state index in [-0.39, 0.29) is 0 Å². The molecule has 31 heavy (non-hydrogen) atoms. The second-order valence-corrected chi connectivity index (χ2v) is 7.42. The highest BCUT2D eigenvalue weighted by Gasteiger charge is 2.27. The number of ether oxygens (including phenoxy) is 4. The quantitative estimate of drug-likeness (QED) is 0.649. The van der Waals surface area contributed by atoms with Gasteiger partial charge in [0.05, 0.1) is 38.0 Å². The number of aromatic nitrogens is 2. The summed E-state index contributed by atoms with van der Waals surface area (Å²) in [5.41, 5.74) is 8.64. The van der Waals surface area contributed by atoms with E-state index in [0.717, 1.165) is 29.4 Å². The smallest absolute Gasteiger partial charge is 0.212 e. The van der Waals surface area contributed by atoms with Crippen LogP contribution in [0.2, 0.25) is 0 Å². The molecule has 2 aliphatic heterocycles. The van der Waals surface area contributed by atoms with Gasteiger partial charge in [0.15, 0.2) is 35.1 Å². The summed E-state index contributed by atoms with van der Waals surface area (Å²) in [6, 6.07) is 9.65. The van der Waals surface area contributed by atoms with E-state index < -0.39 is 6.17 Å². The van der Waals surface area contributed by atoms with Crippen molar-refractivity contribution in [1.82, 2.24) is 9.55 Å². The Morgan fingerprint density at radius 3 is 2.74 bits per heavy atom. The van der Waals surface area contributed by atoms with E-state index >= 15 is 0 Å². The van der Waals surface area contributed by atoms with Crippen molar-refractivity contribution in [3.8, 4) is 23.0 Å². The van der Waals surface area contributed by atoms with Gasteiger partial charge in [-0.25, -0.2) is 9.98 Å². The molecule has 162 valence electrons. The van der Waals surface area contributed by atoms with Crippen LogP contribution in [0.5, 0.6) is 23.0 Å². The van der Waals surface area contributed by atoms with E-state index in [1.54, 1.807) is 7.11 Å². The molecule has 5 rings (SSSR count). The SMILES string of the molecule is CCCOc1ccc(C2N=C(N)Nc3nc4cc5c(cc4n32)OCCCO5)cc1OC. The number of anilines is 1. The van der Waals surface area contributed by atoms with Gasteiger partial charge in [0.25, 0.3) is 0 Å². The predicted molar refractivity (Wildman–Crippen MR) is 118 cm³/mol. The monoisotopic (exact) mass is 423 g/mol. The molecule has 0 aliphatic carbocycles. The molecule has 0 radical (unpaired) electrons. The van der Waals surface area contributed by atoms with Crippen LogP contribution in [0, 0.1) is 0 Å². The molecular weight excluding hydrogens is 398 g/mol. The highest BCUT2D eigenvalue weighted by molar-refractivity contribution is 5.95. The zero-order valence-electron chi connectivity index (χ0n) is 17.6. The number of benzene rings is 2. The van der Waals surface area contributed by atoms with Gasteiger partial charge >= 0.3 is 0 Å². The molecule has 0 fully saturated rings. The van der Waals surface area contributed by atoms with E-state index in [9.17, 15) is 0 Å². The van der Waals surface area contributed by atoms with Crippen LogP contribution in [0.4, 0.5) is 5.95 Å². The summed E-state index contributed by atoms with van der Waals surface area (Å²) in [6.45, 7) is 3.92. The number of rotatable bonds is 5. The largest absolute Gasteiger partial charge is 0.493 e. The summed E-state index contributed by atoms with van der Waals surface area (Å²) in [4.78, 5) is 9.37. The Morgan fingerprint density at radius 2 is 1.97 bits per heavy atom. The zero-order valence-corrected chi connectivity index (χ0v) is 17.6. The summed E-state index contributed by atoms with van der Waals surface area (Å²) in [6.07, 6.45) is 1.34. The molecule has 9 nitrogen and oxygen atoms in total. The third kappa shape index (κ3) is 3.45. The Hall–Kier alpha value is -3.62. The van der Waals surface area contributed by atoms with E-state index in [0.29, 0.717) is 54.7 Å². The standard InChI is InChI=1S/C22H25N5O4/c1-3-7-29-16-6-5-13(10-17(16)28-2)20-25-21(23)26-22-24-14-11-18-19(12-15(14)27(20)22)31-9-4-8-30-18/h5-6,10-12,20H,3-4,7-9H2,1-2H3,(H3,23,24,25,26). The highest BCUT2D eigenvalue weighted by Crippen LogP contribution is 2.40. The molecule has 3 N–H and O–H groups in total. The number of fused-ring (bicyclic) bond motifs is 4. The number of methoxy groups -OCH3 is 1. The van der Waals surface area contributed by atoms with Crippen molar-refractivity contribution < 1.29 is 18.9 Å². The molecule has 0 amide bonds. The maximum atomic E-state index is 6.09. The lowest BCUT2D eigenvalue weighted by Gasteiger charge is -2.24. The average Bonchev–Trinajstić information content (AvgIpc) is 2.96. The number of imidazole rings is 1. The molecule has 2 aromatic carbocycles. The number of aliphatic imine (C=N–C) groups is 1. The second-order valence-electron chi connectivity index (χ2n) is 7.42. The Labute approximate surface area is 179 Å². The lowest BCUT2D eigenvalue weighted by Crippen LogP contribution is -2.31. The van der Waals surface area contributed by atoms with E-state index in [2.05, 4.69) is 17.2 Å². The minimum Gasteiger partial charge on any atom is -0.493 e. The minimum atomic E-state index is -0.417. The molecule has 3 heterocycles. The average molecular weight is 423 g/mol. The first-order valence-electron chi connectivity index (χ1n) is 10.4. The molecule has 1 aromatic heterocycles. The van der Waals surface area contributed by atoms with Crippen LogP contribution in [0.25, 0.3) is 11.0 Å². The summed E-state index contributed by atoms with van der Waals surface area (Å²) in [5, 5.41) is 3.06. The number of nitrogens with one attached hydrogen (secondary N) is 1. The minimum absolute atomic E-state index is 0.298. The Morgan fingerprint density at radius 1 is 1.16 bits per heavy atom. The van der Waals surface area contributed by atoms with E-state index in [4.69, 9.17) is 29.7 Å². The Kier molecular flexibility index (Phi) is 4.93. The maximum absolute atomic E-state index is 6.09. The van der Waals surface area contributed by atoms with Gasteiger partial charge in [-0.2, -0.15) is 0 Å². The summed E-state index contributed by atoms with van der Waals surface area (Å²) >= 11 is 0. The van der Waals surface area contributed by atoms with Gasteiger partial charge in [0.2, 0.25) is 5.95 Å². The fourth-order valence-corrected chi connectivity index (χ4v) is 3.82. The van der Waals surface area contributed by atoms with E-state index in [1.165, 1.54) is 0 Å². The maximum Gasteiger partial charge on any atom is 0.212 e. The molecule has 1 unspecified atom stereocenters. The van der Waals surface area contributed by atoms with Gasteiger partial charge in [0.1, 0.15) is 0 Å². The number of nitrogens with two attached hydrogens (primary N) is 1.